The van der Waals surface area contributed by atoms with Gasteiger partial charge in [-0.25, -0.2) is 0 Å². The molecule has 0 amide bonds. The topological polar surface area (TPSA) is 16.1 Å². The van der Waals surface area contributed by atoms with Crippen molar-refractivity contribution in [1.82, 2.24) is 9.88 Å². The van der Waals surface area contributed by atoms with Crippen LogP contribution in [0.2, 0.25) is 0 Å². The molecule has 2 heterocycles. The molecule has 0 saturated heterocycles. The average Bonchev–Trinajstić information content (AvgIpc) is 2.77. The third kappa shape index (κ3) is 2.98. The minimum atomic E-state index is 0.445. The van der Waals surface area contributed by atoms with Crippen LogP contribution in [0.15, 0.2) is 36.0 Å². The molecule has 1 atom stereocenters. The Morgan fingerprint density at radius 2 is 2.22 bits per heavy atom. The van der Waals surface area contributed by atoms with E-state index in [1.54, 1.807) is 0 Å². The van der Waals surface area contributed by atoms with Crippen molar-refractivity contribution in [3.8, 4) is 0 Å². The van der Waals surface area contributed by atoms with Crippen molar-refractivity contribution < 1.29 is 0 Å². The molecule has 18 heavy (non-hydrogen) atoms. The molecule has 96 valence electrons. The van der Waals surface area contributed by atoms with E-state index in [1.165, 1.54) is 16.0 Å². The predicted octanol–water partition coefficient (Wildman–Crippen LogP) is 4.03. The van der Waals surface area contributed by atoms with Crippen molar-refractivity contribution in [3.63, 3.8) is 0 Å². The molecule has 2 nitrogen and oxygen atoms in total. The Bertz CT molecular complexity index is 478. The normalized spacial score (nSPS) is 12.9. The van der Waals surface area contributed by atoms with E-state index < -0.39 is 0 Å². The van der Waals surface area contributed by atoms with Crippen LogP contribution < -0.4 is 0 Å². The van der Waals surface area contributed by atoms with Crippen molar-refractivity contribution in [3.05, 3.63) is 52.0 Å². The molecule has 2 aromatic rings. The van der Waals surface area contributed by atoms with Gasteiger partial charge in [0.05, 0.1) is 0 Å². The summed E-state index contributed by atoms with van der Waals surface area (Å²) in [5.41, 5.74) is 2.70. The van der Waals surface area contributed by atoms with Gasteiger partial charge < -0.3 is 0 Å². The fraction of sp³-hybridized carbons (Fsp3) is 0.400. The molecule has 3 heteroatoms. The number of aryl methyl sites for hydroxylation is 1. The fourth-order valence-corrected chi connectivity index (χ4v) is 3.25. The molecular formula is C15H20N2S. The molecule has 0 spiro atoms. The molecular weight excluding hydrogens is 240 g/mol. The van der Waals surface area contributed by atoms with E-state index >= 15 is 0 Å². The highest BCUT2D eigenvalue weighted by molar-refractivity contribution is 7.10. The van der Waals surface area contributed by atoms with E-state index in [0.29, 0.717) is 6.04 Å². The quantitative estimate of drug-likeness (QED) is 0.806. The van der Waals surface area contributed by atoms with Crippen molar-refractivity contribution in [1.29, 1.82) is 0 Å². The number of pyridine rings is 1. The maximum atomic E-state index is 4.23. The molecule has 0 saturated carbocycles. The highest BCUT2D eigenvalue weighted by Gasteiger charge is 2.16. The van der Waals surface area contributed by atoms with Gasteiger partial charge in [0.2, 0.25) is 0 Å². The van der Waals surface area contributed by atoms with Crippen LogP contribution in [-0.2, 0) is 6.54 Å². The first kappa shape index (κ1) is 13.2. The number of thiophene rings is 1. The molecule has 1 unspecified atom stereocenters. The SMILES string of the molecule is CCC(c1cccnc1)N(C)Cc1sccc1C. The van der Waals surface area contributed by atoms with Crippen LogP contribution in [0.1, 0.15) is 35.4 Å². The first-order valence-corrected chi connectivity index (χ1v) is 7.23. The van der Waals surface area contributed by atoms with E-state index in [2.05, 4.69) is 48.3 Å². The Morgan fingerprint density at radius 3 is 2.78 bits per heavy atom. The summed E-state index contributed by atoms with van der Waals surface area (Å²) in [4.78, 5) is 8.10. The number of aromatic nitrogens is 1. The van der Waals surface area contributed by atoms with E-state index in [-0.39, 0.29) is 0 Å². The predicted molar refractivity (Wildman–Crippen MR) is 77.8 cm³/mol. The molecule has 0 aliphatic heterocycles. The van der Waals surface area contributed by atoms with Crippen molar-refractivity contribution in [2.45, 2.75) is 32.9 Å². The van der Waals surface area contributed by atoms with Gasteiger partial charge >= 0.3 is 0 Å². The maximum Gasteiger partial charge on any atom is 0.0361 e. The minimum absolute atomic E-state index is 0.445. The van der Waals surface area contributed by atoms with Crippen LogP contribution in [0.3, 0.4) is 0 Å². The van der Waals surface area contributed by atoms with Gasteiger partial charge in [-0.3, -0.25) is 9.88 Å². The summed E-state index contributed by atoms with van der Waals surface area (Å²) >= 11 is 1.84. The van der Waals surface area contributed by atoms with E-state index in [9.17, 15) is 0 Å². The van der Waals surface area contributed by atoms with E-state index in [0.717, 1.165) is 13.0 Å². The maximum absolute atomic E-state index is 4.23. The molecule has 0 bridgehead atoms. The van der Waals surface area contributed by atoms with Crippen molar-refractivity contribution >= 4 is 11.3 Å². The van der Waals surface area contributed by atoms with Crippen LogP contribution in [-0.4, -0.2) is 16.9 Å². The summed E-state index contributed by atoms with van der Waals surface area (Å²) in [6, 6.07) is 6.82. The van der Waals surface area contributed by atoms with Gasteiger partial charge in [0.15, 0.2) is 0 Å². The summed E-state index contributed by atoms with van der Waals surface area (Å²) in [5, 5.41) is 2.17. The zero-order valence-corrected chi connectivity index (χ0v) is 12.1. The minimum Gasteiger partial charge on any atom is -0.294 e. The third-order valence-electron chi connectivity index (χ3n) is 3.35. The molecule has 0 aromatic carbocycles. The largest absolute Gasteiger partial charge is 0.294 e. The molecule has 0 aliphatic carbocycles. The second-order valence-corrected chi connectivity index (χ2v) is 5.65. The highest BCUT2D eigenvalue weighted by atomic mass is 32.1. The Labute approximate surface area is 113 Å². The first-order valence-electron chi connectivity index (χ1n) is 6.35. The van der Waals surface area contributed by atoms with Crippen molar-refractivity contribution in [2.75, 3.05) is 7.05 Å². The Morgan fingerprint density at radius 1 is 1.39 bits per heavy atom. The van der Waals surface area contributed by atoms with Gasteiger partial charge in [0.25, 0.3) is 0 Å². The lowest BCUT2D eigenvalue weighted by atomic mass is 10.1. The highest BCUT2D eigenvalue weighted by Crippen LogP contribution is 2.26. The Balaban J connectivity index is 2.11. The van der Waals surface area contributed by atoms with Gasteiger partial charge in [-0.2, -0.15) is 0 Å². The smallest absolute Gasteiger partial charge is 0.0361 e. The Hall–Kier alpha value is -1.19. The van der Waals surface area contributed by atoms with Gasteiger partial charge in [0.1, 0.15) is 0 Å². The Kier molecular flexibility index (Phi) is 4.50. The van der Waals surface area contributed by atoms with Crippen molar-refractivity contribution in [2.24, 2.45) is 0 Å². The number of hydrogen-bond donors (Lipinski definition) is 0. The van der Waals surface area contributed by atoms with Gasteiger partial charge in [0, 0.05) is 29.9 Å². The molecule has 0 fully saturated rings. The second-order valence-electron chi connectivity index (χ2n) is 4.65. The summed E-state index contributed by atoms with van der Waals surface area (Å²) in [7, 11) is 2.19. The van der Waals surface area contributed by atoms with Crippen LogP contribution in [0.5, 0.6) is 0 Å². The van der Waals surface area contributed by atoms with E-state index in [1.807, 2.05) is 29.8 Å². The zero-order valence-electron chi connectivity index (χ0n) is 11.3. The molecule has 2 aromatic heterocycles. The lowest BCUT2D eigenvalue weighted by molar-refractivity contribution is 0.231. The van der Waals surface area contributed by atoms with Crippen LogP contribution in [0.4, 0.5) is 0 Å². The summed E-state index contributed by atoms with van der Waals surface area (Å²) in [6.45, 7) is 5.43. The van der Waals surface area contributed by atoms with Crippen LogP contribution >= 0.6 is 11.3 Å². The van der Waals surface area contributed by atoms with Gasteiger partial charge in [-0.15, -0.1) is 11.3 Å². The molecule has 0 aliphatic rings. The molecule has 0 N–H and O–H groups in total. The third-order valence-corrected chi connectivity index (χ3v) is 4.36. The van der Waals surface area contributed by atoms with Gasteiger partial charge in [-0.05, 0) is 49.0 Å². The molecule has 2 rings (SSSR count). The lowest BCUT2D eigenvalue weighted by Gasteiger charge is -2.27. The average molecular weight is 260 g/mol. The van der Waals surface area contributed by atoms with Crippen LogP contribution in [0.25, 0.3) is 0 Å². The standard InChI is InChI=1S/C15H20N2S/c1-4-14(13-6-5-8-16-10-13)17(3)11-15-12(2)7-9-18-15/h5-10,14H,4,11H2,1-3H3. The summed E-state index contributed by atoms with van der Waals surface area (Å²) in [6.07, 6.45) is 4.91. The lowest BCUT2D eigenvalue weighted by Crippen LogP contribution is -2.23. The van der Waals surface area contributed by atoms with E-state index in [4.69, 9.17) is 0 Å². The second kappa shape index (κ2) is 6.12. The number of hydrogen-bond acceptors (Lipinski definition) is 3. The fourth-order valence-electron chi connectivity index (χ4n) is 2.28. The monoisotopic (exact) mass is 260 g/mol. The molecule has 0 radical (unpaired) electrons. The number of rotatable bonds is 5. The zero-order chi connectivity index (χ0) is 13.0. The first-order chi connectivity index (χ1) is 8.72. The van der Waals surface area contributed by atoms with Crippen LogP contribution in [0, 0.1) is 6.92 Å². The summed E-state index contributed by atoms with van der Waals surface area (Å²) in [5.74, 6) is 0. The summed E-state index contributed by atoms with van der Waals surface area (Å²) < 4.78 is 0. The van der Waals surface area contributed by atoms with Gasteiger partial charge in [-0.1, -0.05) is 13.0 Å². The number of nitrogens with zero attached hydrogens (tertiary/aromatic N) is 2.